The molecule has 2 aromatic carbocycles. The highest BCUT2D eigenvalue weighted by molar-refractivity contribution is 6.20. The molecule has 7 nitrogen and oxygen atoms in total. The summed E-state index contributed by atoms with van der Waals surface area (Å²) in [5.74, 6) is -0.322. The molecule has 0 fully saturated rings. The number of nitriles is 1. The van der Waals surface area contributed by atoms with Crippen molar-refractivity contribution in [1.82, 2.24) is 14.7 Å². The first-order valence-corrected chi connectivity index (χ1v) is 11.6. The second-order valence-electron chi connectivity index (χ2n) is 8.30. The molecule has 4 rings (SSSR count). The van der Waals surface area contributed by atoms with Crippen LogP contribution in [-0.2, 0) is 9.59 Å². The minimum Gasteiger partial charge on any atom is -0.494 e. The molecule has 36 heavy (non-hydrogen) atoms. The molecule has 1 aliphatic rings. The van der Waals surface area contributed by atoms with Crippen molar-refractivity contribution in [3.8, 4) is 28.8 Å². The van der Waals surface area contributed by atoms with Crippen LogP contribution in [0.5, 0.6) is 5.75 Å². The van der Waals surface area contributed by atoms with Crippen LogP contribution < -0.4 is 4.74 Å². The summed E-state index contributed by atoms with van der Waals surface area (Å²) >= 11 is 0. The van der Waals surface area contributed by atoms with Crippen LogP contribution in [0.15, 0.2) is 84.1 Å². The van der Waals surface area contributed by atoms with E-state index in [4.69, 9.17) is 9.84 Å². The van der Waals surface area contributed by atoms with Crippen LogP contribution in [0.2, 0.25) is 0 Å². The molecule has 0 radical (unpaired) electrons. The van der Waals surface area contributed by atoms with Gasteiger partial charge < -0.3 is 4.74 Å². The topological polar surface area (TPSA) is 88.2 Å². The predicted octanol–water partition coefficient (Wildman–Crippen LogP) is 5.02. The molecule has 0 unspecified atom stereocenters. The van der Waals surface area contributed by atoms with Gasteiger partial charge >= 0.3 is 0 Å². The summed E-state index contributed by atoms with van der Waals surface area (Å²) in [4.78, 5) is 27.0. The van der Waals surface area contributed by atoms with E-state index in [1.165, 1.54) is 6.08 Å². The van der Waals surface area contributed by atoms with Crippen molar-refractivity contribution in [2.75, 3.05) is 13.2 Å². The van der Waals surface area contributed by atoms with E-state index >= 15 is 0 Å². The molecule has 0 aliphatic carbocycles. The van der Waals surface area contributed by atoms with E-state index in [1.807, 2.05) is 74.6 Å². The van der Waals surface area contributed by atoms with Gasteiger partial charge in [-0.2, -0.15) is 10.4 Å². The van der Waals surface area contributed by atoms with Crippen molar-refractivity contribution >= 4 is 17.9 Å². The third-order valence-electron chi connectivity index (χ3n) is 5.96. The molecule has 0 N–H and O–H groups in total. The van der Waals surface area contributed by atoms with Crippen molar-refractivity contribution < 1.29 is 14.3 Å². The number of aryl methyl sites for hydroxylation is 1. The minimum absolute atomic E-state index is 0.0155. The molecule has 0 bridgehead atoms. The second-order valence-corrected chi connectivity index (χ2v) is 8.30. The Hall–Kier alpha value is -4.70. The molecular formula is C29H26N4O3. The number of nitrogens with zero attached hydrogens (tertiary/aromatic N) is 4. The Kier molecular flexibility index (Phi) is 6.98. The van der Waals surface area contributed by atoms with Crippen LogP contribution in [0.4, 0.5) is 0 Å². The standard InChI is InChI=1S/C29H26N4O3/c1-5-14-32-28(34)25(20(4)26(17-30)29(32)35)16-21-18-33(22-10-8-7-9-11-22)31-27(21)24-13-12-23(36-6-2)15-19(24)3/h5,7-13,15-16,18H,1,6,14H2,2-4H3/b25-16+. The number of ether oxygens (including phenoxy) is 1. The predicted molar refractivity (Wildman–Crippen MR) is 138 cm³/mol. The lowest BCUT2D eigenvalue weighted by Crippen LogP contribution is -2.42. The fourth-order valence-electron chi connectivity index (χ4n) is 4.15. The first kappa shape index (κ1) is 24.4. The first-order valence-electron chi connectivity index (χ1n) is 11.6. The number of benzene rings is 2. The minimum atomic E-state index is -0.611. The smallest absolute Gasteiger partial charge is 0.271 e. The molecule has 0 spiro atoms. The summed E-state index contributed by atoms with van der Waals surface area (Å²) in [6.45, 7) is 9.74. The average molecular weight is 479 g/mol. The average Bonchev–Trinajstić information content (AvgIpc) is 3.29. The van der Waals surface area contributed by atoms with E-state index in [2.05, 4.69) is 6.58 Å². The van der Waals surface area contributed by atoms with Gasteiger partial charge in [-0.05, 0) is 68.3 Å². The van der Waals surface area contributed by atoms with Crippen molar-refractivity contribution in [3.63, 3.8) is 0 Å². The van der Waals surface area contributed by atoms with Crippen molar-refractivity contribution in [2.24, 2.45) is 0 Å². The van der Waals surface area contributed by atoms with E-state index < -0.39 is 11.8 Å². The number of rotatable bonds is 7. The summed E-state index contributed by atoms with van der Waals surface area (Å²) in [5.41, 5.74) is 4.59. The summed E-state index contributed by atoms with van der Waals surface area (Å²) in [6.07, 6.45) is 5.01. The van der Waals surface area contributed by atoms with Gasteiger partial charge in [0.25, 0.3) is 11.8 Å². The van der Waals surface area contributed by atoms with E-state index in [9.17, 15) is 14.9 Å². The summed E-state index contributed by atoms with van der Waals surface area (Å²) in [7, 11) is 0. The molecule has 2 amide bonds. The molecule has 0 saturated heterocycles. The maximum Gasteiger partial charge on any atom is 0.271 e. The monoisotopic (exact) mass is 478 g/mol. The summed E-state index contributed by atoms with van der Waals surface area (Å²) in [6, 6.07) is 17.4. The SMILES string of the molecule is C=CCN1C(=O)C(C#N)=C(C)/C(=C\c2cn(-c3ccccc3)nc2-c2ccc(OCC)cc2C)C1=O. The van der Waals surface area contributed by atoms with Crippen LogP contribution in [0, 0.1) is 18.3 Å². The van der Waals surface area contributed by atoms with Crippen LogP contribution >= 0.6 is 0 Å². The Morgan fingerprint density at radius 2 is 1.86 bits per heavy atom. The second kappa shape index (κ2) is 10.3. The third kappa shape index (κ3) is 4.49. The summed E-state index contributed by atoms with van der Waals surface area (Å²) < 4.78 is 7.39. The fourth-order valence-corrected chi connectivity index (χ4v) is 4.15. The lowest BCUT2D eigenvalue weighted by atomic mass is 9.93. The summed E-state index contributed by atoms with van der Waals surface area (Å²) in [5, 5.41) is 14.5. The normalized spacial score (nSPS) is 14.8. The lowest BCUT2D eigenvalue weighted by molar-refractivity contribution is -0.139. The van der Waals surface area contributed by atoms with E-state index in [0.29, 0.717) is 23.4 Å². The number of para-hydroxylation sites is 1. The molecule has 0 atom stereocenters. The van der Waals surface area contributed by atoms with Gasteiger partial charge in [0.2, 0.25) is 0 Å². The Morgan fingerprint density at radius 3 is 2.50 bits per heavy atom. The highest BCUT2D eigenvalue weighted by Crippen LogP contribution is 2.33. The van der Waals surface area contributed by atoms with Crippen molar-refractivity contribution in [1.29, 1.82) is 5.26 Å². The molecule has 7 heteroatoms. The Bertz CT molecular complexity index is 1460. The zero-order chi connectivity index (χ0) is 25.8. The largest absolute Gasteiger partial charge is 0.494 e. The molecular weight excluding hydrogens is 452 g/mol. The van der Waals surface area contributed by atoms with Crippen molar-refractivity contribution in [2.45, 2.75) is 20.8 Å². The maximum atomic E-state index is 13.3. The van der Waals surface area contributed by atoms with Gasteiger partial charge in [0.1, 0.15) is 23.1 Å². The Morgan fingerprint density at radius 1 is 1.11 bits per heavy atom. The third-order valence-corrected chi connectivity index (χ3v) is 5.96. The Labute approximate surface area is 210 Å². The van der Waals surface area contributed by atoms with Crippen LogP contribution in [0.1, 0.15) is 25.0 Å². The molecule has 180 valence electrons. The van der Waals surface area contributed by atoms with E-state index in [0.717, 1.165) is 27.5 Å². The highest BCUT2D eigenvalue weighted by Gasteiger charge is 2.35. The van der Waals surface area contributed by atoms with E-state index in [-0.39, 0.29) is 17.7 Å². The molecule has 2 heterocycles. The fraction of sp³-hybridized carbons (Fsp3) is 0.172. The van der Waals surface area contributed by atoms with Gasteiger partial charge in [-0.1, -0.05) is 24.3 Å². The quantitative estimate of drug-likeness (QED) is 0.270. The zero-order valence-electron chi connectivity index (χ0n) is 20.5. The number of imide groups is 1. The van der Waals surface area contributed by atoms with Gasteiger partial charge in [0.15, 0.2) is 0 Å². The van der Waals surface area contributed by atoms with Gasteiger partial charge in [-0.15, -0.1) is 6.58 Å². The Balaban J connectivity index is 1.93. The molecule has 1 aliphatic heterocycles. The number of carbonyl (C=O) groups is 2. The van der Waals surface area contributed by atoms with Gasteiger partial charge in [0.05, 0.1) is 12.3 Å². The number of amides is 2. The molecule has 1 aromatic heterocycles. The van der Waals surface area contributed by atoms with Crippen molar-refractivity contribution in [3.05, 3.63) is 95.2 Å². The molecule has 0 saturated carbocycles. The zero-order valence-corrected chi connectivity index (χ0v) is 20.5. The lowest BCUT2D eigenvalue weighted by Gasteiger charge is -2.26. The van der Waals surface area contributed by atoms with Gasteiger partial charge in [-0.3, -0.25) is 14.5 Å². The highest BCUT2D eigenvalue weighted by atomic mass is 16.5. The van der Waals surface area contributed by atoms with Crippen LogP contribution in [0.25, 0.3) is 23.0 Å². The number of carbonyl (C=O) groups excluding carboxylic acids is 2. The van der Waals surface area contributed by atoms with Crippen LogP contribution in [-0.4, -0.2) is 39.6 Å². The van der Waals surface area contributed by atoms with Gasteiger partial charge in [0, 0.05) is 29.4 Å². The van der Waals surface area contributed by atoms with Crippen LogP contribution in [0.3, 0.4) is 0 Å². The molecule has 3 aromatic rings. The number of hydrogen-bond donors (Lipinski definition) is 0. The maximum absolute atomic E-state index is 13.3. The first-order chi connectivity index (χ1) is 17.4. The number of hydrogen-bond acceptors (Lipinski definition) is 5. The van der Waals surface area contributed by atoms with Gasteiger partial charge in [-0.25, -0.2) is 4.68 Å². The number of aromatic nitrogens is 2. The van der Waals surface area contributed by atoms with E-state index in [1.54, 1.807) is 17.7 Å².